The highest BCUT2D eigenvalue weighted by atomic mass is 35.5. The summed E-state index contributed by atoms with van der Waals surface area (Å²) < 4.78 is 36.0. The molecule has 0 unspecified atom stereocenters. The first kappa shape index (κ1) is 15.4. The SMILES string of the molecule is NS(=O)(=O)c1ccc(Cl)c(NC(=O)c2ccncc2F)c1. The fraction of sp³-hybridized carbons (Fsp3) is 0. The maximum Gasteiger partial charge on any atom is 0.258 e. The number of benzene rings is 1. The number of amides is 1. The molecule has 0 aliphatic heterocycles. The number of aromatic nitrogens is 1. The van der Waals surface area contributed by atoms with Gasteiger partial charge in [-0.2, -0.15) is 0 Å². The maximum atomic E-state index is 13.4. The molecule has 21 heavy (non-hydrogen) atoms. The van der Waals surface area contributed by atoms with Crippen molar-refractivity contribution < 1.29 is 17.6 Å². The minimum Gasteiger partial charge on any atom is -0.320 e. The fourth-order valence-corrected chi connectivity index (χ4v) is 2.23. The molecular formula is C12H9ClFN3O3S. The van der Waals surface area contributed by atoms with E-state index in [9.17, 15) is 17.6 Å². The van der Waals surface area contributed by atoms with Crippen molar-refractivity contribution in [2.45, 2.75) is 4.90 Å². The predicted molar refractivity (Wildman–Crippen MR) is 75.0 cm³/mol. The molecule has 0 aliphatic carbocycles. The highest BCUT2D eigenvalue weighted by molar-refractivity contribution is 7.89. The van der Waals surface area contributed by atoms with Crippen molar-refractivity contribution in [2.75, 3.05) is 5.32 Å². The summed E-state index contributed by atoms with van der Waals surface area (Å²) in [6.07, 6.45) is 2.14. The van der Waals surface area contributed by atoms with Crippen molar-refractivity contribution in [1.29, 1.82) is 0 Å². The zero-order valence-electron chi connectivity index (χ0n) is 10.4. The second-order valence-electron chi connectivity index (χ2n) is 4.00. The van der Waals surface area contributed by atoms with E-state index in [1.807, 2.05) is 0 Å². The van der Waals surface area contributed by atoms with Crippen LogP contribution in [0, 0.1) is 5.82 Å². The summed E-state index contributed by atoms with van der Waals surface area (Å²) in [5, 5.41) is 7.40. The lowest BCUT2D eigenvalue weighted by molar-refractivity contribution is 0.102. The first-order valence-electron chi connectivity index (χ1n) is 5.52. The third-order valence-electron chi connectivity index (χ3n) is 2.53. The zero-order valence-corrected chi connectivity index (χ0v) is 12.0. The first-order valence-corrected chi connectivity index (χ1v) is 7.44. The average molecular weight is 330 g/mol. The molecule has 1 aromatic heterocycles. The number of primary sulfonamides is 1. The molecule has 0 spiro atoms. The van der Waals surface area contributed by atoms with Crippen molar-refractivity contribution in [2.24, 2.45) is 5.14 Å². The maximum absolute atomic E-state index is 13.4. The van der Waals surface area contributed by atoms with Crippen molar-refractivity contribution in [3.63, 3.8) is 0 Å². The molecule has 0 aliphatic rings. The van der Waals surface area contributed by atoms with Gasteiger partial charge in [-0.3, -0.25) is 9.78 Å². The van der Waals surface area contributed by atoms with E-state index in [0.29, 0.717) is 0 Å². The minimum absolute atomic E-state index is 0.00408. The van der Waals surface area contributed by atoms with E-state index in [2.05, 4.69) is 10.3 Å². The molecule has 0 atom stereocenters. The number of hydrogen-bond donors (Lipinski definition) is 2. The normalized spacial score (nSPS) is 11.2. The van der Waals surface area contributed by atoms with Crippen molar-refractivity contribution in [1.82, 2.24) is 4.98 Å². The Bertz CT molecular complexity index is 811. The van der Waals surface area contributed by atoms with Gasteiger partial charge in [0.05, 0.1) is 27.4 Å². The molecule has 0 radical (unpaired) electrons. The Kier molecular flexibility index (Phi) is 4.21. The lowest BCUT2D eigenvalue weighted by atomic mass is 10.2. The van der Waals surface area contributed by atoms with Gasteiger partial charge in [0.25, 0.3) is 5.91 Å². The Balaban J connectivity index is 2.36. The summed E-state index contributed by atoms with van der Waals surface area (Å²) in [5.41, 5.74) is -0.244. The van der Waals surface area contributed by atoms with E-state index in [1.165, 1.54) is 24.4 Å². The Hall–Kier alpha value is -2.03. The number of nitrogens with two attached hydrogens (primary N) is 1. The van der Waals surface area contributed by atoms with Crippen molar-refractivity contribution in [3.8, 4) is 0 Å². The van der Waals surface area contributed by atoms with E-state index in [-0.39, 0.29) is 21.2 Å². The van der Waals surface area contributed by atoms with Gasteiger partial charge in [-0.05, 0) is 24.3 Å². The van der Waals surface area contributed by atoms with Crippen LogP contribution >= 0.6 is 11.6 Å². The summed E-state index contributed by atoms with van der Waals surface area (Å²) in [7, 11) is -3.94. The van der Waals surface area contributed by atoms with Crippen LogP contribution in [0.1, 0.15) is 10.4 Å². The number of pyridine rings is 1. The average Bonchev–Trinajstić information content (AvgIpc) is 2.40. The number of anilines is 1. The smallest absolute Gasteiger partial charge is 0.258 e. The molecule has 0 fully saturated rings. The summed E-state index contributed by atoms with van der Waals surface area (Å²) in [6.45, 7) is 0. The van der Waals surface area contributed by atoms with E-state index >= 15 is 0 Å². The standard InChI is InChI=1S/C12H9ClFN3O3S/c13-9-2-1-7(21(15,19)20)5-11(9)17-12(18)8-3-4-16-6-10(8)14/h1-6H,(H,17,18)(H2,15,19,20). The lowest BCUT2D eigenvalue weighted by Crippen LogP contribution is -2.16. The van der Waals surface area contributed by atoms with E-state index < -0.39 is 21.7 Å². The van der Waals surface area contributed by atoms with Gasteiger partial charge in [0.1, 0.15) is 0 Å². The number of nitrogens with one attached hydrogen (secondary N) is 1. The van der Waals surface area contributed by atoms with Crippen LogP contribution in [-0.2, 0) is 10.0 Å². The Morgan fingerprint density at radius 3 is 2.67 bits per heavy atom. The number of rotatable bonds is 3. The zero-order chi connectivity index (χ0) is 15.6. The van der Waals surface area contributed by atoms with Gasteiger partial charge in [-0.25, -0.2) is 17.9 Å². The molecule has 1 heterocycles. The van der Waals surface area contributed by atoms with Crippen molar-refractivity contribution >= 4 is 33.2 Å². The Morgan fingerprint density at radius 1 is 1.33 bits per heavy atom. The number of carbonyl (C=O) groups excluding carboxylic acids is 1. The Labute approximate surface area is 124 Å². The monoisotopic (exact) mass is 329 g/mol. The van der Waals surface area contributed by atoms with Crippen LogP contribution in [0.25, 0.3) is 0 Å². The second-order valence-corrected chi connectivity index (χ2v) is 5.96. The van der Waals surface area contributed by atoms with E-state index in [1.54, 1.807) is 0 Å². The second kappa shape index (κ2) is 5.76. The molecule has 1 aromatic carbocycles. The molecule has 110 valence electrons. The molecule has 0 saturated carbocycles. The number of sulfonamides is 1. The third-order valence-corrected chi connectivity index (χ3v) is 3.77. The van der Waals surface area contributed by atoms with Crippen LogP contribution in [0.3, 0.4) is 0 Å². The fourth-order valence-electron chi connectivity index (χ4n) is 1.53. The van der Waals surface area contributed by atoms with Gasteiger partial charge < -0.3 is 5.32 Å². The lowest BCUT2D eigenvalue weighted by Gasteiger charge is -2.09. The topological polar surface area (TPSA) is 102 Å². The van der Waals surface area contributed by atoms with Gasteiger partial charge in [-0.1, -0.05) is 11.6 Å². The number of carbonyl (C=O) groups is 1. The van der Waals surface area contributed by atoms with Crippen LogP contribution in [-0.4, -0.2) is 19.3 Å². The van der Waals surface area contributed by atoms with Crippen LogP contribution in [0.15, 0.2) is 41.6 Å². The van der Waals surface area contributed by atoms with Gasteiger partial charge in [0.15, 0.2) is 5.82 Å². The third kappa shape index (κ3) is 3.54. The largest absolute Gasteiger partial charge is 0.320 e. The molecule has 6 nitrogen and oxygen atoms in total. The molecule has 9 heteroatoms. The highest BCUT2D eigenvalue weighted by Gasteiger charge is 2.15. The number of nitrogens with zero attached hydrogens (tertiary/aromatic N) is 1. The summed E-state index contributed by atoms with van der Waals surface area (Å²) in [4.78, 5) is 15.2. The van der Waals surface area contributed by atoms with E-state index in [4.69, 9.17) is 16.7 Å². The Morgan fingerprint density at radius 2 is 2.05 bits per heavy atom. The molecule has 2 rings (SSSR count). The predicted octanol–water partition coefficient (Wildman–Crippen LogP) is 1.77. The molecule has 2 aromatic rings. The first-order chi connectivity index (χ1) is 9.79. The van der Waals surface area contributed by atoms with Crippen molar-refractivity contribution in [3.05, 3.63) is 53.1 Å². The van der Waals surface area contributed by atoms with Crippen LogP contribution in [0.4, 0.5) is 10.1 Å². The summed E-state index contributed by atoms with van der Waals surface area (Å²) in [6, 6.07) is 4.73. The highest BCUT2D eigenvalue weighted by Crippen LogP contribution is 2.25. The van der Waals surface area contributed by atoms with Gasteiger partial charge in [0, 0.05) is 6.20 Å². The quantitative estimate of drug-likeness (QED) is 0.895. The number of halogens is 2. The molecule has 3 N–H and O–H groups in total. The van der Waals surface area contributed by atoms with Gasteiger partial charge in [0.2, 0.25) is 10.0 Å². The number of hydrogen-bond acceptors (Lipinski definition) is 4. The molecule has 1 amide bonds. The van der Waals surface area contributed by atoms with Gasteiger partial charge >= 0.3 is 0 Å². The van der Waals surface area contributed by atoms with E-state index in [0.717, 1.165) is 12.3 Å². The summed E-state index contributed by atoms with van der Waals surface area (Å²) >= 11 is 5.86. The van der Waals surface area contributed by atoms with Gasteiger partial charge in [-0.15, -0.1) is 0 Å². The molecule has 0 bridgehead atoms. The van der Waals surface area contributed by atoms with Crippen LogP contribution in [0.2, 0.25) is 5.02 Å². The minimum atomic E-state index is -3.94. The molecular weight excluding hydrogens is 321 g/mol. The van der Waals surface area contributed by atoms with Crippen LogP contribution in [0.5, 0.6) is 0 Å². The molecule has 0 saturated heterocycles. The summed E-state index contributed by atoms with van der Waals surface area (Å²) in [5.74, 6) is -1.60. The van der Waals surface area contributed by atoms with Crippen LogP contribution < -0.4 is 10.5 Å².